The van der Waals surface area contributed by atoms with E-state index >= 15 is 0 Å². The first-order valence-corrected chi connectivity index (χ1v) is 7.75. The quantitative estimate of drug-likeness (QED) is 0.655. The van der Waals surface area contributed by atoms with Gasteiger partial charge >= 0.3 is 0 Å². The lowest BCUT2D eigenvalue weighted by atomic mass is 10.0. The molecule has 0 N–H and O–H groups in total. The number of hydrogen-bond donors (Lipinski definition) is 0. The normalized spacial score (nSPS) is 11.0. The summed E-state index contributed by atoms with van der Waals surface area (Å²) in [5.74, 6) is -0.602. The van der Waals surface area contributed by atoms with Gasteiger partial charge in [-0.05, 0) is 47.5 Å². The van der Waals surface area contributed by atoms with Gasteiger partial charge in [0.05, 0.1) is 6.61 Å². The van der Waals surface area contributed by atoms with Crippen molar-refractivity contribution in [2.45, 2.75) is 12.5 Å². The van der Waals surface area contributed by atoms with Crippen molar-refractivity contribution in [3.8, 4) is 0 Å². The summed E-state index contributed by atoms with van der Waals surface area (Å²) < 4.78 is 32.4. The summed E-state index contributed by atoms with van der Waals surface area (Å²) >= 11 is 0. The van der Waals surface area contributed by atoms with Gasteiger partial charge in [0, 0.05) is 18.3 Å². The molecule has 0 atom stereocenters. The maximum atomic E-state index is 13.2. The second-order valence-electron chi connectivity index (χ2n) is 5.43. The highest BCUT2D eigenvalue weighted by Gasteiger charge is 2.15. The van der Waals surface area contributed by atoms with E-state index in [1.54, 1.807) is 30.5 Å². The fourth-order valence-corrected chi connectivity index (χ4v) is 2.49. The number of aromatic nitrogens is 1. The minimum atomic E-state index is -0.380. The minimum Gasteiger partial charge on any atom is -0.368 e. The van der Waals surface area contributed by atoms with Gasteiger partial charge in [0.25, 0.3) is 0 Å². The number of ether oxygens (including phenoxy) is 1. The maximum Gasteiger partial charge on any atom is 0.123 e. The summed E-state index contributed by atoms with van der Waals surface area (Å²) in [6, 6.07) is 18.1. The second-order valence-corrected chi connectivity index (χ2v) is 5.43. The molecule has 24 heavy (non-hydrogen) atoms. The molecule has 0 aliphatic heterocycles. The van der Waals surface area contributed by atoms with Crippen molar-refractivity contribution in [3.05, 3.63) is 101 Å². The Labute approximate surface area is 139 Å². The lowest BCUT2D eigenvalue weighted by Gasteiger charge is -2.19. The molecule has 1 heterocycles. The topological polar surface area (TPSA) is 22.1 Å². The number of benzene rings is 2. The molecule has 2 aromatic carbocycles. The van der Waals surface area contributed by atoms with Crippen LogP contribution in [0, 0.1) is 11.6 Å². The smallest absolute Gasteiger partial charge is 0.123 e. The second kappa shape index (κ2) is 7.79. The lowest BCUT2D eigenvalue weighted by molar-refractivity contribution is 0.0820. The Morgan fingerprint density at radius 3 is 1.88 bits per heavy atom. The van der Waals surface area contributed by atoms with E-state index in [-0.39, 0.29) is 17.7 Å². The third-order valence-electron chi connectivity index (χ3n) is 3.71. The molecule has 4 heteroatoms. The van der Waals surface area contributed by atoms with E-state index in [1.165, 1.54) is 24.3 Å². The summed E-state index contributed by atoms with van der Waals surface area (Å²) in [6.07, 6.45) is 2.03. The van der Waals surface area contributed by atoms with E-state index in [1.807, 2.05) is 18.2 Å². The van der Waals surface area contributed by atoms with E-state index in [9.17, 15) is 8.78 Å². The number of rotatable bonds is 6. The molecule has 0 fully saturated rings. The molecule has 0 saturated heterocycles. The molecule has 122 valence electrons. The van der Waals surface area contributed by atoms with Crippen molar-refractivity contribution >= 4 is 0 Å². The van der Waals surface area contributed by atoms with Crippen LogP contribution in [-0.4, -0.2) is 11.6 Å². The van der Waals surface area contributed by atoms with Gasteiger partial charge in [0.1, 0.15) is 17.7 Å². The summed E-state index contributed by atoms with van der Waals surface area (Å²) in [5, 5.41) is 0. The van der Waals surface area contributed by atoms with Crippen LogP contribution in [-0.2, 0) is 11.2 Å². The molecular formula is C20H17F2NO. The van der Waals surface area contributed by atoms with Crippen molar-refractivity contribution in [2.24, 2.45) is 0 Å². The van der Waals surface area contributed by atoms with E-state index in [0.717, 1.165) is 16.8 Å². The predicted octanol–water partition coefficient (Wildman–Crippen LogP) is 4.71. The molecule has 0 saturated carbocycles. The zero-order chi connectivity index (χ0) is 16.8. The van der Waals surface area contributed by atoms with Crippen LogP contribution in [0.3, 0.4) is 0 Å². The Hall–Kier alpha value is -2.59. The number of pyridine rings is 1. The van der Waals surface area contributed by atoms with Gasteiger partial charge in [0.15, 0.2) is 0 Å². The van der Waals surface area contributed by atoms with Gasteiger partial charge in [-0.25, -0.2) is 8.78 Å². The third-order valence-corrected chi connectivity index (χ3v) is 3.71. The molecule has 0 spiro atoms. The number of hydrogen-bond acceptors (Lipinski definition) is 2. The molecule has 0 aliphatic carbocycles. The number of nitrogens with zero attached hydrogens (tertiary/aromatic N) is 1. The minimum absolute atomic E-state index is 0.301. The summed E-state index contributed by atoms with van der Waals surface area (Å²) in [4.78, 5) is 4.27. The van der Waals surface area contributed by atoms with Crippen molar-refractivity contribution in [3.63, 3.8) is 0 Å². The van der Waals surface area contributed by atoms with Crippen LogP contribution >= 0.6 is 0 Å². The van der Waals surface area contributed by atoms with Crippen LogP contribution in [0.4, 0.5) is 8.78 Å². The molecule has 0 radical (unpaired) electrons. The molecule has 3 aromatic rings. The predicted molar refractivity (Wildman–Crippen MR) is 88.5 cm³/mol. The fourth-order valence-electron chi connectivity index (χ4n) is 2.49. The first-order chi connectivity index (χ1) is 11.7. The Bertz CT molecular complexity index is 712. The Balaban J connectivity index is 1.76. The Morgan fingerprint density at radius 1 is 0.792 bits per heavy atom. The first kappa shape index (κ1) is 16.3. The summed E-state index contributed by atoms with van der Waals surface area (Å²) in [7, 11) is 0. The highest BCUT2D eigenvalue weighted by atomic mass is 19.1. The third kappa shape index (κ3) is 4.24. The SMILES string of the molecule is Fc1ccc(C(OCCc2ccccn2)c2ccc(F)cc2)cc1. The fraction of sp³-hybridized carbons (Fsp3) is 0.150. The molecule has 1 aromatic heterocycles. The molecule has 0 aliphatic rings. The van der Waals surface area contributed by atoms with Crippen molar-refractivity contribution in [1.29, 1.82) is 0 Å². The first-order valence-electron chi connectivity index (χ1n) is 7.75. The van der Waals surface area contributed by atoms with Gasteiger partial charge in [-0.1, -0.05) is 30.3 Å². The van der Waals surface area contributed by atoms with Crippen LogP contribution < -0.4 is 0 Å². The average Bonchev–Trinajstić information content (AvgIpc) is 2.62. The molecule has 0 unspecified atom stereocenters. The van der Waals surface area contributed by atoms with Crippen LogP contribution in [0.1, 0.15) is 22.9 Å². The van der Waals surface area contributed by atoms with E-state index in [4.69, 9.17) is 4.74 Å². The van der Waals surface area contributed by atoms with Gasteiger partial charge in [-0.15, -0.1) is 0 Å². The standard InChI is InChI=1S/C20H17F2NO/c21-17-8-4-15(5-9-17)20(16-6-10-18(22)11-7-16)24-14-12-19-3-1-2-13-23-19/h1-11,13,20H,12,14H2. The Morgan fingerprint density at radius 2 is 1.38 bits per heavy atom. The summed E-state index contributed by atoms with van der Waals surface area (Å²) in [5.41, 5.74) is 2.59. The average molecular weight is 325 g/mol. The van der Waals surface area contributed by atoms with Crippen molar-refractivity contribution < 1.29 is 13.5 Å². The lowest BCUT2D eigenvalue weighted by Crippen LogP contribution is -2.09. The number of halogens is 2. The molecular weight excluding hydrogens is 308 g/mol. The van der Waals surface area contributed by atoms with Gasteiger partial charge in [-0.3, -0.25) is 4.98 Å². The molecule has 0 bridgehead atoms. The largest absolute Gasteiger partial charge is 0.368 e. The van der Waals surface area contributed by atoms with Crippen LogP contribution in [0.25, 0.3) is 0 Å². The van der Waals surface area contributed by atoms with E-state index in [2.05, 4.69) is 4.98 Å². The van der Waals surface area contributed by atoms with Gasteiger partial charge in [-0.2, -0.15) is 0 Å². The van der Waals surface area contributed by atoms with Gasteiger partial charge in [0.2, 0.25) is 0 Å². The molecule has 3 rings (SSSR count). The summed E-state index contributed by atoms with van der Waals surface area (Å²) in [6.45, 7) is 0.455. The van der Waals surface area contributed by atoms with E-state index < -0.39 is 0 Å². The van der Waals surface area contributed by atoms with E-state index in [0.29, 0.717) is 13.0 Å². The van der Waals surface area contributed by atoms with Crippen LogP contribution in [0.15, 0.2) is 72.9 Å². The van der Waals surface area contributed by atoms with Crippen LogP contribution in [0.2, 0.25) is 0 Å². The van der Waals surface area contributed by atoms with Gasteiger partial charge < -0.3 is 4.74 Å². The molecule has 2 nitrogen and oxygen atoms in total. The van der Waals surface area contributed by atoms with Crippen molar-refractivity contribution in [2.75, 3.05) is 6.61 Å². The van der Waals surface area contributed by atoms with Crippen molar-refractivity contribution in [1.82, 2.24) is 4.98 Å². The Kier molecular flexibility index (Phi) is 5.29. The maximum absolute atomic E-state index is 13.2. The zero-order valence-electron chi connectivity index (χ0n) is 13.0. The highest BCUT2D eigenvalue weighted by molar-refractivity contribution is 5.30. The monoisotopic (exact) mass is 325 g/mol. The molecule has 0 amide bonds. The zero-order valence-corrected chi connectivity index (χ0v) is 13.0. The van der Waals surface area contributed by atoms with Crippen LogP contribution in [0.5, 0.6) is 0 Å². The highest BCUT2D eigenvalue weighted by Crippen LogP contribution is 2.26.